The van der Waals surface area contributed by atoms with Crippen molar-refractivity contribution >= 4 is 17.6 Å². The van der Waals surface area contributed by atoms with E-state index < -0.39 is 0 Å². The Hall–Kier alpha value is -2.03. The summed E-state index contributed by atoms with van der Waals surface area (Å²) >= 11 is 0. The standard InChI is InChI=1S/C13H13NO2/c1-16-12(15)9-11-6-4-2-3-5-10-7-8-14-13(10)11/h2-8,14H,9H2,1H3/b3-2?,4-2-,5-3-,6-4?,10-5?,11-6-,13-11?. The van der Waals surface area contributed by atoms with Crippen molar-refractivity contribution in [2.45, 2.75) is 6.42 Å². The average Bonchev–Trinajstić information content (AvgIpc) is 2.71. The van der Waals surface area contributed by atoms with Crippen LogP contribution in [0.2, 0.25) is 0 Å². The minimum Gasteiger partial charge on any atom is -0.469 e. The van der Waals surface area contributed by atoms with Crippen molar-refractivity contribution in [1.29, 1.82) is 0 Å². The fourth-order valence-electron chi connectivity index (χ4n) is 1.65. The first kappa shape index (κ1) is 10.5. The molecule has 1 aliphatic rings. The number of fused-ring (bicyclic) bond motifs is 1. The fourth-order valence-corrected chi connectivity index (χ4v) is 1.65. The summed E-state index contributed by atoms with van der Waals surface area (Å²) < 4.78 is 4.68. The first-order valence-electron chi connectivity index (χ1n) is 5.09. The summed E-state index contributed by atoms with van der Waals surface area (Å²) in [5.41, 5.74) is 3.00. The van der Waals surface area contributed by atoms with E-state index in [9.17, 15) is 4.79 Å². The lowest BCUT2D eigenvalue weighted by molar-refractivity contribution is -0.139. The Balaban J connectivity index is 2.34. The topological polar surface area (TPSA) is 42.1 Å². The van der Waals surface area contributed by atoms with Gasteiger partial charge in [0.2, 0.25) is 0 Å². The quantitative estimate of drug-likeness (QED) is 0.770. The molecular weight excluding hydrogens is 202 g/mol. The minimum atomic E-state index is -0.232. The van der Waals surface area contributed by atoms with E-state index in [0.717, 1.165) is 16.8 Å². The highest BCUT2D eigenvalue weighted by Crippen LogP contribution is 2.23. The van der Waals surface area contributed by atoms with E-state index >= 15 is 0 Å². The summed E-state index contributed by atoms with van der Waals surface area (Å²) in [5, 5.41) is 0. The van der Waals surface area contributed by atoms with Gasteiger partial charge in [-0.3, -0.25) is 4.79 Å². The van der Waals surface area contributed by atoms with Crippen LogP contribution in [0.1, 0.15) is 17.7 Å². The Labute approximate surface area is 94.1 Å². The van der Waals surface area contributed by atoms with E-state index in [4.69, 9.17) is 0 Å². The lowest BCUT2D eigenvalue weighted by atomic mass is 10.0. The van der Waals surface area contributed by atoms with Gasteiger partial charge in [0, 0.05) is 11.9 Å². The number of rotatable bonds is 2. The maximum absolute atomic E-state index is 11.3. The summed E-state index contributed by atoms with van der Waals surface area (Å²) in [7, 11) is 1.40. The molecule has 1 aliphatic carbocycles. The Bertz CT molecular complexity index is 478. The summed E-state index contributed by atoms with van der Waals surface area (Å²) in [6.45, 7) is 0. The molecule has 3 heteroatoms. The predicted molar refractivity (Wildman–Crippen MR) is 63.6 cm³/mol. The smallest absolute Gasteiger partial charge is 0.310 e. The molecule has 0 radical (unpaired) electrons. The first-order chi connectivity index (χ1) is 7.81. The van der Waals surface area contributed by atoms with Crippen LogP contribution in [0.15, 0.2) is 36.6 Å². The van der Waals surface area contributed by atoms with E-state index in [0.29, 0.717) is 0 Å². The SMILES string of the molecule is COC(=O)C/C1=C/C=C\C=C/c2cc[nH]c21. The molecule has 16 heavy (non-hydrogen) atoms. The van der Waals surface area contributed by atoms with Gasteiger partial charge in [-0.25, -0.2) is 0 Å². The second-order valence-electron chi connectivity index (χ2n) is 3.50. The second kappa shape index (κ2) is 4.66. The summed E-state index contributed by atoms with van der Waals surface area (Å²) in [4.78, 5) is 14.4. The van der Waals surface area contributed by atoms with Gasteiger partial charge in [-0.05, 0) is 17.2 Å². The average molecular weight is 215 g/mol. The van der Waals surface area contributed by atoms with E-state index in [-0.39, 0.29) is 12.4 Å². The number of carbonyl (C=O) groups excluding carboxylic acids is 1. The van der Waals surface area contributed by atoms with Crippen LogP contribution < -0.4 is 0 Å². The Kier molecular flexibility index (Phi) is 3.05. The third-order valence-electron chi connectivity index (χ3n) is 2.46. The van der Waals surface area contributed by atoms with Crippen molar-refractivity contribution in [3.8, 4) is 0 Å². The first-order valence-corrected chi connectivity index (χ1v) is 5.09. The molecule has 0 saturated carbocycles. The number of hydrogen-bond acceptors (Lipinski definition) is 2. The highest BCUT2D eigenvalue weighted by Gasteiger charge is 2.12. The predicted octanol–water partition coefficient (Wildman–Crippen LogP) is 2.54. The molecule has 0 fully saturated rings. The fraction of sp³-hybridized carbons (Fsp3) is 0.154. The van der Waals surface area contributed by atoms with Gasteiger partial charge in [-0.2, -0.15) is 0 Å². The van der Waals surface area contributed by atoms with Crippen molar-refractivity contribution in [2.24, 2.45) is 0 Å². The normalized spacial score (nSPS) is 20.9. The maximum atomic E-state index is 11.3. The molecule has 3 nitrogen and oxygen atoms in total. The van der Waals surface area contributed by atoms with Crippen LogP contribution >= 0.6 is 0 Å². The number of H-pyrrole nitrogens is 1. The maximum Gasteiger partial charge on any atom is 0.310 e. The molecule has 1 heterocycles. The van der Waals surface area contributed by atoms with Crippen molar-refractivity contribution in [3.05, 3.63) is 47.8 Å². The number of allylic oxidation sites excluding steroid dienone is 4. The highest BCUT2D eigenvalue weighted by atomic mass is 16.5. The monoisotopic (exact) mass is 215 g/mol. The van der Waals surface area contributed by atoms with E-state index in [1.807, 2.05) is 42.6 Å². The number of methoxy groups -OCH3 is 1. The number of carbonyl (C=O) groups is 1. The van der Waals surface area contributed by atoms with E-state index in [1.165, 1.54) is 7.11 Å². The van der Waals surface area contributed by atoms with Crippen molar-refractivity contribution < 1.29 is 9.53 Å². The third kappa shape index (κ3) is 2.14. The van der Waals surface area contributed by atoms with Gasteiger partial charge in [-0.15, -0.1) is 0 Å². The van der Waals surface area contributed by atoms with Crippen molar-refractivity contribution in [2.75, 3.05) is 7.11 Å². The second-order valence-corrected chi connectivity index (χ2v) is 3.50. The van der Waals surface area contributed by atoms with Gasteiger partial charge in [0.05, 0.1) is 13.5 Å². The molecule has 0 unspecified atom stereocenters. The Morgan fingerprint density at radius 1 is 1.38 bits per heavy atom. The van der Waals surface area contributed by atoms with Crippen LogP contribution in [0, 0.1) is 0 Å². The molecule has 0 aromatic carbocycles. The van der Waals surface area contributed by atoms with Gasteiger partial charge in [0.1, 0.15) is 0 Å². The van der Waals surface area contributed by atoms with E-state index in [1.54, 1.807) is 0 Å². The van der Waals surface area contributed by atoms with Crippen molar-refractivity contribution in [1.82, 2.24) is 4.98 Å². The van der Waals surface area contributed by atoms with Crippen LogP contribution in [0.3, 0.4) is 0 Å². The van der Waals surface area contributed by atoms with Gasteiger partial charge >= 0.3 is 5.97 Å². The molecule has 1 aromatic heterocycles. The Morgan fingerprint density at radius 2 is 2.25 bits per heavy atom. The van der Waals surface area contributed by atoms with Crippen LogP contribution in [0.25, 0.3) is 11.6 Å². The number of aromatic amines is 1. The molecule has 0 aliphatic heterocycles. The molecule has 1 aromatic rings. The number of hydrogen-bond donors (Lipinski definition) is 1. The summed E-state index contributed by atoms with van der Waals surface area (Å²) in [5.74, 6) is -0.232. The van der Waals surface area contributed by atoms with Gasteiger partial charge in [0.15, 0.2) is 0 Å². The van der Waals surface area contributed by atoms with Gasteiger partial charge < -0.3 is 9.72 Å². The number of esters is 1. The molecule has 0 spiro atoms. The lowest BCUT2D eigenvalue weighted by Crippen LogP contribution is -2.02. The molecule has 2 rings (SSSR count). The van der Waals surface area contributed by atoms with Gasteiger partial charge in [-0.1, -0.05) is 30.4 Å². The summed E-state index contributed by atoms with van der Waals surface area (Å²) in [6, 6.07) is 1.98. The van der Waals surface area contributed by atoms with Crippen LogP contribution in [0.5, 0.6) is 0 Å². The number of aromatic nitrogens is 1. The third-order valence-corrected chi connectivity index (χ3v) is 2.46. The zero-order valence-corrected chi connectivity index (χ0v) is 9.07. The van der Waals surface area contributed by atoms with Gasteiger partial charge in [0.25, 0.3) is 0 Å². The molecule has 0 atom stereocenters. The van der Waals surface area contributed by atoms with Crippen LogP contribution in [-0.2, 0) is 9.53 Å². The number of ether oxygens (including phenoxy) is 1. The molecule has 0 saturated heterocycles. The molecule has 1 N–H and O–H groups in total. The molecule has 0 amide bonds. The summed E-state index contributed by atoms with van der Waals surface area (Å²) in [6.07, 6.45) is 11.9. The van der Waals surface area contributed by atoms with Crippen LogP contribution in [0.4, 0.5) is 0 Å². The van der Waals surface area contributed by atoms with E-state index in [2.05, 4.69) is 9.72 Å². The number of nitrogens with one attached hydrogen (secondary N) is 1. The molecule has 82 valence electrons. The minimum absolute atomic E-state index is 0.232. The van der Waals surface area contributed by atoms with Crippen molar-refractivity contribution in [3.63, 3.8) is 0 Å². The zero-order chi connectivity index (χ0) is 11.4. The zero-order valence-electron chi connectivity index (χ0n) is 9.07. The lowest BCUT2D eigenvalue weighted by Gasteiger charge is -2.06. The molecular formula is C13H13NO2. The largest absolute Gasteiger partial charge is 0.469 e. The molecule has 0 bridgehead atoms. The Morgan fingerprint density at radius 3 is 3.06 bits per heavy atom. The highest BCUT2D eigenvalue weighted by molar-refractivity contribution is 5.87. The van der Waals surface area contributed by atoms with Crippen LogP contribution in [-0.4, -0.2) is 18.1 Å².